The van der Waals surface area contributed by atoms with Gasteiger partial charge in [0.15, 0.2) is 34.9 Å². The molecule has 14 nitrogen and oxygen atoms in total. The van der Waals surface area contributed by atoms with Crippen LogP contribution in [0.5, 0.6) is 0 Å². The Bertz CT molecular complexity index is 1240. The fourth-order valence-electron chi connectivity index (χ4n) is 4.42. The third-order valence-electron chi connectivity index (χ3n) is 6.41. The molecule has 0 amide bonds. The fraction of sp³-hybridized carbons (Fsp3) is 0.591. The number of ether oxygens (including phenoxy) is 1. The summed E-state index contributed by atoms with van der Waals surface area (Å²) in [5.41, 5.74) is 12.5. The summed E-state index contributed by atoms with van der Waals surface area (Å²) in [7, 11) is 0. The van der Waals surface area contributed by atoms with Gasteiger partial charge in [-0.15, -0.1) is 0 Å². The van der Waals surface area contributed by atoms with Crippen LogP contribution >= 0.6 is 11.8 Å². The van der Waals surface area contributed by atoms with Gasteiger partial charge in [-0.3, -0.25) is 9.56 Å². The summed E-state index contributed by atoms with van der Waals surface area (Å²) in [5.74, 6) is 3.44. The van der Waals surface area contributed by atoms with Gasteiger partial charge in [0.25, 0.3) is 0 Å². The molecule has 4 atom stereocenters. The number of nitrogens with zero attached hydrogens (tertiary/aromatic N) is 6. The van der Waals surface area contributed by atoms with E-state index in [4.69, 9.17) is 20.7 Å². The normalized spacial score (nSPS) is 24.4. The smallest absolute Gasteiger partial charge is 0.226 e. The average molecular weight is 533 g/mol. The van der Waals surface area contributed by atoms with Crippen LogP contribution in [0.2, 0.25) is 0 Å². The van der Waals surface area contributed by atoms with Crippen LogP contribution in [0.4, 0.5) is 11.8 Å². The number of aliphatic imine (C=N–C) groups is 1. The van der Waals surface area contributed by atoms with Crippen molar-refractivity contribution in [2.45, 2.75) is 56.8 Å². The Balaban J connectivity index is 1.45. The summed E-state index contributed by atoms with van der Waals surface area (Å²) >= 11 is 1.94. The number of rotatable bonds is 9. The molecule has 8 N–H and O–H groups in total. The zero-order chi connectivity index (χ0) is 25.9. The van der Waals surface area contributed by atoms with Crippen LogP contribution < -0.4 is 22.1 Å². The molecular weight excluding hydrogens is 500 g/mol. The van der Waals surface area contributed by atoms with E-state index in [1.807, 2.05) is 18.7 Å². The molecule has 0 radical (unpaired) electrons. The van der Waals surface area contributed by atoms with E-state index in [9.17, 15) is 10.2 Å². The molecule has 0 aliphatic carbocycles. The second-order valence-corrected chi connectivity index (χ2v) is 10.2. The zero-order valence-electron chi connectivity index (χ0n) is 20.4. The number of nitrogens with one attached hydrogen (secondary N) is 2. The molecule has 2 aliphatic heterocycles. The maximum absolute atomic E-state index is 10.9. The van der Waals surface area contributed by atoms with Crippen molar-refractivity contribution in [2.75, 3.05) is 35.2 Å². The highest BCUT2D eigenvalue weighted by atomic mass is 32.2. The first-order chi connectivity index (χ1) is 17.9. The lowest BCUT2D eigenvalue weighted by molar-refractivity contribution is -0.0434. The monoisotopic (exact) mass is 532 g/mol. The van der Waals surface area contributed by atoms with Gasteiger partial charge in [-0.1, -0.05) is 12.1 Å². The topological polar surface area (TPSA) is 208 Å². The van der Waals surface area contributed by atoms with E-state index >= 15 is 0 Å². The molecule has 0 aromatic carbocycles. The molecule has 0 saturated carbocycles. The first kappa shape index (κ1) is 25.5. The van der Waals surface area contributed by atoms with Crippen molar-refractivity contribution in [1.29, 1.82) is 0 Å². The number of imidazole rings is 1. The van der Waals surface area contributed by atoms with Gasteiger partial charge in [0.1, 0.15) is 18.3 Å². The third kappa shape index (κ3) is 5.44. The second kappa shape index (κ2) is 11.1. The number of aliphatic hydroxyl groups is 2. The highest BCUT2D eigenvalue weighted by Crippen LogP contribution is 2.40. The Morgan fingerprint density at radius 1 is 1.24 bits per heavy atom. The largest absolute Gasteiger partial charge is 0.387 e. The summed E-state index contributed by atoms with van der Waals surface area (Å²) in [6.07, 6.45) is -0.0843. The Morgan fingerprint density at radius 2 is 2.05 bits per heavy atom. The standard InChI is InChI=1S/C22H32N10O4S/c1-2-11-9-13(36-31-11)17-15(33)16(34)20(35-17)32-10-27-14-18(28-12-3-7-37-8-4-12)29-22(30-19(14)32)26-6-5-25-21(23)24/h9-10,12,15-17,20,33-34H,2-8H2,1H3,(H4,23,24,25)(H2,26,28,29,30)/t15?,16-,17-,20-/m1/s1. The van der Waals surface area contributed by atoms with Gasteiger partial charge in [0.05, 0.1) is 18.6 Å². The highest BCUT2D eigenvalue weighted by Gasteiger charge is 2.47. The van der Waals surface area contributed by atoms with Gasteiger partial charge >= 0.3 is 0 Å². The molecule has 2 saturated heterocycles. The minimum absolute atomic E-state index is 0.00654. The highest BCUT2D eigenvalue weighted by molar-refractivity contribution is 7.99. The number of aryl methyl sites for hydroxylation is 1. The molecule has 15 heteroatoms. The van der Waals surface area contributed by atoms with Gasteiger partial charge in [0.2, 0.25) is 5.95 Å². The number of guanidine groups is 1. The van der Waals surface area contributed by atoms with Crippen molar-refractivity contribution in [2.24, 2.45) is 16.5 Å². The van der Waals surface area contributed by atoms with Gasteiger partial charge in [-0.05, 0) is 30.8 Å². The van der Waals surface area contributed by atoms with Crippen LogP contribution in [-0.4, -0.2) is 83.7 Å². The van der Waals surface area contributed by atoms with E-state index in [0.717, 1.165) is 30.0 Å². The number of hydrogen-bond acceptors (Lipinski definition) is 12. The van der Waals surface area contributed by atoms with Crippen molar-refractivity contribution < 1.29 is 19.5 Å². The molecule has 0 spiro atoms. The summed E-state index contributed by atoms with van der Waals surface area (Å²) in [6.45, 7) is 2.70. The number of anilines is 2. The van der Waals surface area contributed by atoms with E-state index in [1.54, 1.807) is 10.6 Å². The predicted molar refractivity (Wildman–Crippen MR) is 139 cm³/mol. The Kier molecular flexibility index (Phi) is 7.64. The quantitative estimate of drug-likeness (QED) is 0.125. The van der Waals surface area contributed by atoms with Crippen LogP contribution in [-0.2, 0) is 11.2 Å². The first-order valence-corrected chi connectivity index (χ1v) is 13.4. The van der Waals surface area contributed by atoms with Crippen molar-refractivity contribution in [3.8, 4) is 0 Å². The number of thioether (sulfide) groups is 1. The number of aliphatic hydroxyl groups excluding tert-OH is 2. The van der Waals surface area contributed by atoms with Crippen LogP contribution in [0, 0.1) is 0 Å². The predicted octanol–water partition coefficient (Wildman–Crippen LogP) is 0.361. The van der Waals surface area contributed by atoms with Crippen LogP contribution in [0.15, 0.2) is 21.9 Å². The van der Waals surface area contributed by atoms with E-state index in [2.05, 4.69) is 35.7 Å². The van der Waals surface area contributed by atoms with Crippen LogP contribution in [0.1, 0.15) is 43.6 Å². The van der Waals surface area contributed by atoms with E-state index in [1.165, 1.54) is 6.33 Å². The van der Waals surface area contributed by atoms with Crippen LogP contribution in [0.25, 0.3) is 11.2 Å². The third-order valence-corrected chi connectivity index (χ3v) is 7.45. The molecule has 1 unspecified atom stereocenters. The Hall–Kier alpha value is -3.14. The van der Waals surface area contributed by atoms with E-state index in [-0.39, 0.29) is 12.0 Å². The molecule has 3 aromatic rings. The maximum Gasteiger partial charge on any atom is 0.226 e. The maximum atomic E-state index is 10.9. The minimum Gasteiger partial charge on any atom is -0.387 e. The van der Waals surface area contributed by atoms with Crippen molar-refractivity contribution >= 4 is 40.7 Å². The lowest BCUT2D eigenvalue weighted by atomic mass is 10.1. The Morgan fingerprint density at radius 3 is 2.78 bits per heavy atom. The molecule has 3 aromatic heterocycles. The summed E-state index contributed by atoms with van der Waals surface area (Å²) in [4.78, 5) is 17.8. The van der Waals surface area contributed by atoms with Crippen molar-refractivity contribution in [1.82, 2.24) is 24.7 Å². The van der Waals surface area contributed by atoms with Crippen LogP contribution in [0.3, 0.4) is 0 Å². The van der Waals surface area contributed by atoms with Crippen molar-refractivity contribution in [3.05, 3.63) is 23.8 Å². The first-order valence-electron chi connectivity index (χ1n) is 12.3. The second-order valence-electron chi connectivity index (χ2n) is 8.99. The SMILES string of the molecule is CCc1cc([C@H]2O[C@@H](n3cnc4c(NC5CCSCC5)nc(NCCN=C(N)N)nc43)[C@H](O)C2O)on1. The number of nitrogens with two attached hydrogens (primary N) is 2. The van der Waals surface area contributed by atoms with Crippen molar-refractivity contribution in [3.63, 3.8) is 0 Å². The van der Waals surface area contributed by atoms with E-state index < -0.39 is 24.5 Å². The summed E-state index contributed by atoms with van der Waals surface area (Å²) in [5, 5.41) is 32.3. The lowest BCUT2D eigenvalue weighted by Crippen LogP contribution is -2.29. The Labute approximate surface area is 217 Å². The zero-order valence-corrected chi connectivity index (χ0v) is 21.3. The average Bonchev–Trinajstić information content (AvgIpc) is 3.61. The molecule has 0 bridgehead atoms. The number of aromatic nitrogens is 5. The van der Waals surface area contributed by atoms with Gasteiger partial charge < -0.3 is 41.6 Å². The number of hydrogen-bond donors (Lipinski definition) is 6. The molecule has 37 heavy (non-hydrogen) atoms. The number of fused-ring (bicyclic) bond motifs is 1. The molecule has 2 aliphatic rings. The van der Waals surface area contributed by atoms with Gasteiger partial charge in [-0.2, -0.15) is 21.7 Å². The summed E-state index contributed by atoms with van der Waals surface area (Å²) < 4.78 is 13.0. The lowest BCUT2D eigenvalue weighted by Gasteiger charge is -2.23. The van der Waals surface area contributed by atoms with Gasteiger partial charge in [-0.25, -0.2) is 4.98 Å². The molecule has 5 heterocycles. The molecular formula is C22H32N10O4S. The molecule has 5 rings (SSSR count). The summed E-state index contributed by atoms with van der Waals surface area (Å²) in [6, 6.07) is 1.98. The minimum atomic E-state index is -1.25. The fourth-order valence-corrected chi connectivity index (χ4v) is 5.53. The van der Waals surface area contributed by atoms with Gasteiger partial charge in [0, 0.05) is 18.7 Å². The molecule has 200 valence electrons. The van der Waals surface area contributed by atoms with E-state index in [0.29, 0.717) is 48.2 Å². The molecule has 2 fully saturated rings.